The van der Waals surface area contributed by atoms with Gasteiger partial charge in [0.15, 0.2) is 0 Å². The van der Waals surface area contributed by atoms with Gasteiger partial charge in [0.1, 0.15) is 13.2 Å². The van der Waals surface area contributed by atoms with Gasteiger partial charge in [-0.15, -0.1) is 0 Å². The van der Waals surface area contributed by atoms with Crippen molar-refractivity contribution in [1.82, 2.24) is 5.32 Å². The summed E-state index contributed by atoms with van der Waals surface area (Å²) in [5.74, 6) is -0.181. The molecule has 0 spiro atoms. The Morgan fingerprint density at radius 1 is 0.442 bits per heavy atom. The van der Waals surface area contributed by atoms with Gasteiger partial charge < -0.3 is 19.8 Å². The molecule has 3 unspecified atom stereocenters. The summed E-state index contributed by atoms with van der Waals surface area (Å²) in [4.78, 5) is 23.4. The van der Waals surface area contributed by atoms with Crippen LogP contribution in [0.5, 0.6) is 0 Å². The van der Waals surface area contributed by atoms with Crippen LogP contribution in [0.4, 0.5) is 0 Å². The monoisotopic (exact) mass is 1100 g/mol. The SMILES string of the molecule is CCCCCCC/C=C\C/C=C\CCCCCCCCCCCCCCCCCCCCCCCCCCCC(=O)NC(COP(=O)(O)OCC[N+](C)(C)C)C(O)/C=C/CC/C=C/CCCCCCCCCCCCCC. The van der Waals surface area contributed by atoms with Crippen molar-refractivity contribution < 1.29 is 32.9 Å². The van der Waals surface area contributed by atoms with Crippen LogP contribution in [0.1, 0.15) is 328 Å². The lowest BCUT2D eigenvalue weighted by Gasteiger charge is -2.25. The predicted octanol–water partition coefficient (Wildman–Crippen LogP) is 21.1. The molecule has 8 nitrogen and oxygen atoms in total. The van der Waals surface area contributed by atoms with E-state index in [1.54, 1.807) is 6.08 Å². The number of aliphatic hydroxyl groups excluding tert-OH is 1. The van der Waals surface area contributed by atoms with Crippen LogP contribution >= 0.6 is 7.82 Å². The van der Waals surface area contributed by atoms with Crippen molar-refractivity contribution in [2.24, 2.45) is 0 Å². The Bertz CT molecular complexity index is 1390. The maximum absolute atomic E-state index is 13.0. The van der Waals surface area contributed by atoms with Crippen molar-refractivity contribution in [3.8, 4) is 0 Å². The molecule has 77 heavy (non-hydrogen) atoms. The molecule has 0 fully saturated rings. The highest BCUT2D eigenvalue weighted by molar-refractivity contribution is 7.47. The highest BCUT2D eigenvalue weighted by Crippen LogP contribution is 2.43. The van der Waals surface area contributed by atoms with Crippen LogP contribution in [0, 0.1) is 0 Å². The molecule has 0 aromatic rings. The second-order valence-corrected chi connectivity index (χ2v) is 25.6. The van der Waals surface area contributed by atoms with Gasteiger partial charge in [0.2, 0.25) is 5.91 Å². The van der Waals surface area contributed by atoms with E-state index in [1.165, 1.54) is 263 Å². The fourth-order valence-corrected chi connectivity index (χ4v) is 10.8. The first-order valence-corrected chi connectivity index (χ1v) is 35.0. The maximum atomic E-state index is 13.0. The van der Waals surface area contributed by atoms with Crippen LogP contribution in [0.25, 0.3) is 0 Å². The molecule has 0 saturated heterocycles. The van der Waals surface area contributed by atoms with Crippen molar-refractivity contribution >= 4 is 13.7 Å². The van der Waals surface area contributed by atoms with E-state index in [9.17, 15) is 19.4 Å². The van der Waals surface area contributed by atoms with E-state index >= 15 is 0 Å². The number of phosphoric acid groups is 1. The average molecular weight is 1100 g/mol. The van der Waals surface area contributed by atoms with E-state index in [0.29, 0.717) is 17.4 Å². The lowest BCUT2D eigenvalue weighted by atomic mass is 10.0. The third-order valence-corrected chi connectivity index (χ3v) is 16.3. The van der Waals surface area contributed by atoms with Gasteiger partial charge in [-0.05, 0) is 64.2 Å². The van der Waals surface area contributed by atoms with Crippen LogP contribution in [-0.4, -0.2) is 73.4 Å². The number of nitrogens with zero attached hydrogens (tertiary/aromatic N) is 1. The number of allylic oxidation sites excluding steroid dienone is 7. The number of hydrogen-bond acceptors (Lipinski definition) is 5. The minimum atomic E-state index is -4.36. The summed E-state index contributed by atoms with van der Waals surface area (Å²) in [6.45, 7) is 4.82. The molecule has 9 heteroatoms. The summed E-state index contributed by atoms with van der Waals surface area (Å²) in [5, 5.41) is 13.9. The minimum Gasteiger partial charge on any atom is -0.387 e. The van der Waals surface area contributed by atoms with Gasteiger partial charge >= 0.3 is 7.82 Å². The van der Waals surface area contributed by atoms with Crippen molar-refractivity contribution in [3.63, 3.8) is 0 Å². The highest BCUT2D eigenvalue weighted by Gasteiger charge is 2.28. The molecule has 1 amide bonds. The largest absolute Gasteiger partial charge is 0.472 e. The number of amides is 1. The summed E-state index contributed by atoms with van der Waals surface area (Å²) < 4.78 is 23.7. The Morgan fingerprint density at radius 2 is 0.753 bits per heavy atom. The smallest absolute Gasteiger partial charge is 0.387 e. The molecule has 0 radical (unpaired) electrons. The van der Waals surface area contributed by atoms with E-state index in [0.717, 1.165) is 44.9 Å². The molecule has 3 N–H and O–H groups in total. The fourth-order valence-electron chi connectivity index (χ4n) is 10.0. The molecule has 3 atom stereocenters. The van der Waals surface area contributed by atoms with Gasteiger partial charge in [-0.1, -0.05) is 306 Å². The zero-order chi connectivity index (χ0) is 56.3. The number of likely N-dealkylation sites (N-methyl/N-ethyl adjacent to an activating group) is 1. The number of carbonyl (C=O) groups is 1. The van der Waals surface area contributed by atoms with Gasteiger partial charge in [0, 0.05) is 6.42 Å². The van der Waals surface area contributed by atoms with Crippen LogP contribution in [0.2, 0.25) is 0 Å². The quantitative estimate of drug-likeness (QED) is 0.0243. The molecule has 454 valence electrons. The third-order valence-electron chi connectivity index (χ3n) is 15.3. The number of quaternary nitrogens is 1. The molecular formula is C68H132N2O6P+. The number of unbranched alkanes of at least 4 members (excludes halogenated alkanes) is 43. The molecule has 0 aliphatic rings. The normalized spacial score (nSPS) is 14.0. The summed E-state index contributed by atoms with van der Waals surface area (Å²) in [6, 6.07) is -0.863. The van der Waals surface area contributed by atoms with Crippen LogP contribution in [-0.2, 0) is 18.4 Å². The van der Waals surface area contributed by atoms with E-state index in [-0.39, 0.29) is 19.1 Å². The zero-order valence-electron chi connectivity index (χ0n) is 52.0. The lowest BCUT2D eigenvalue weighted by molar-refractivity contribution is -0.870. The Morgan fingerprint density at radius 3 is 1.12 bits per heavy atom. The van der Waals surface area contributed by atoms with Gasteiger partial charge in [0.25, 0.3) is 0 Å². The molecule has 0 saturated carbocycles. The lowest BCUT2D eigenvalue weighted by Crippen LogP contribution is -2.45. The summed E-state index contributed by atoms with van der Waals surface area (Å²) >= 11 is 0. The Hall–Kier alpha value is -1.54. The molecule has 0 rings (SSSR count). The van der Waals surface area contributed by atoms with E-state index in [1.807, 2.05) is 27.2 Å². The van der Waals surface area contributed by atoms with Crippen molar-refractivity contribution in [2.75, 3.05) is 40.9 Å². The molecule has 0 aromatic heterocycles. The molecule has 0 aromatic carbocycles. The number of rotatable bonds is 62. The number of hydrogen-bond donors (Lipinski definition) is 3. The molecular weight excluding hydrogens is 972 g/mol. The van der Waals surface area contributed by atoms with E-state index in [2.05, 4.69) is 55.6 Å². The summed E-state index contributed by atoms with van der Waals surface area (Å²) in [5.41, 5.74) is 0. The Balaban J connectivity index is 3.97. The van der Waals surface area contributed by atoms with Crippen molar-refractivity contribution in [2.45, 2.75) is 341 Å². The third kappa shape index (κ3) is 61.9. The molecule has 0 aliphatic heterocycles. The maximum Gasteiger partial charge on any atom is 0.472 e. The van der Waals surface area contributed by atoms with Crippen molar-refractivity contribution in [3.05, 3.63) is 48.6 Å². The van der Waals surface area contributed by atoms with E-state index < -0.39 is 20.0 Å². The highest BCUT2D eigenvalue weighted by atomic mass is 31.2. The number of nitrogens with one attached hydrogen (secondary N) is 1. The summed E-state index contributed by atoms with van der Waals surface area (Å²) in [6.07, 6.45) is 79.8. The van der Waals surface area contributed by atoms with Gasteiger partial charge in [-0.3, -0.25) is 13.8 Å². The first kappa shape index (κ1) is 75.5. The first-order chi connectivity index (χ1) is 37.5. The first-order valence-electron chi connectivity index (χ1n) is 33.5. The van der Waals surface area contributed by atoms with E-state index in [4.69, 9.17) is 9.05 Å². The zero-order valence-corrected chi connectivity index (χ0v) is 52.9. The fraction of sp³-hybridized carbons (Fsp3) is 0.868. The minimum absolute atomic E-state index is 0.0575. The van der Waals surface area contributed by atoms with Crippen LogP contribution in [0.15, 0.2) is 48.6 Å². The number of aliphatic hydroxyl groups is 1. The number of phosphoric ester groups is 1. The molecule has 0 bridgehead atoms. The average Bonchev–Trinajstić information content (AvgIpc) is 3.39. The molecule has 0 aliphatic carbocycles. The standard InChI is InChI=1S/C68H131N2O6P/c1-6-8-10-12-14-16-18-20-22-24-26-27-28-29-30-31-32-33-34-35-36-37-38-39-40-41-42-43-44-46-48-50-52-54-56-58-60-62-68(72)69-66(65-76-77(73,74)75-64-63-70(3,4)5)67(71)61-59-57-55-53-51-49-47-45-25-23-21-19-17-15-13-11-9-7-2/h18,20,24,26,51,53,59,61,66-67,71H,6-17,19,21-23,25,27-50,52,54-58,60,62-65H2,1-5H3,(H-,69,72,73,74)/p+1/b20-18-,26-24-,53-51+,61-59+. The Kier molecular flexibility index (Phi) is 57.9. The van der Waals surface area contributed by atoms with Crippen LogP contribution in [0.3, 0.4) is 0 Å². The van der Waals surface area contributed by atoms with Gasteiger partial charge in [-0.2, -0.15) is 0 Å². The van der Waals surface area contributed by atoms with Gasteiger partial charge in [0.05, 0.1) is 39.9 Å². The number of carbonyl (C=O) groups excluding carboxylic acids is 1. The Labute approximate surface area is 479 Å². The predicted molar refractivity (Wildman–Crippen MR) is 337 cm³/mol. The second kappa shape index (κ2) is 59.1. The second-order valence-electron chi connectivity index (χ2n) is 24.2. The van der Waals surface area contributed by atoms with Crippen LogP contribution < -0.4 is 5.32 Å². The summed E-state index contributed by atoms with van der Waals surface area (Å²) in [7, 11) is 1.57. The topological polar surface area (TPSA) is 105 Å². The van der Waals surface area contributed by atoms with Crippen molar-refractivity contribution in [1.29, 1.82) is 0 Å². The van der Waals surface area contributed by atoms with Gasteiger partial charge in [-0.25, -0.2) is 4.57 Å². The molecule has 0 heterocycles.